The van der Waals surface area contributed by atoms with Crippen LogP contribution in [-0.4, -0.2) is 5.66 Å². The molecular weight excluding hydrogens is 196 g/mol. The van der Waals surface area contributed by atoms with Crippen LogP contribution in [-0.2, 0) is 0 Å². The molecular formula is C14H28N2. The molecule has 1 unspecified atom stereocenters. The van der Waals surface area contributed by atoms with Crippen molar-refractivity contribution in [1.82, 2.24) is 0 Å². The lowest BCUT2D eigenvalue weighted by molar-refractivity contribution is 0.130. The van der Waals surface area contributed by atoms with Crippen LogP contribution in [0.4, 0.5) is 0 Å². The van der Waals surface area contributed by atoms with Crippen LogP contribution in [0.15, 0.2) is 0 Å². The summed E-state index contributed by atoms with van der Waals surface area (Å²) in [7, 11) is 0. The van der Waals surface area contributed by atoms with Gasteiger partial charge in [-0.3, -0.25) is 0 Å². The fraction of sp³-hybridized carbons (Fsp3) is 1.00. The second-order valence-corrected chi connectivity index (χ2v) is 6.33. The maximum absolute atomic E-state index is 6.00. The Morgan fingerprint density at radius 3 is 1.94 bits per heavy atom. The Labute approximate surface area is 100 Å². The van der Waals surface area contributed by atoms with Gasteiger partial charge in [0.2, 0.25) is 0 Å². The Morgan fingerprint density at radius 2 is 1.38 bits per heavy atom. The molecule has 4 N–H and O–H groups in total. The van der Waals surface area contributed by atoms with Crippen LogP contribution in [0, 0.1) is 17.8 Å². The van der Waals surface area contributed by atoms with E-state index in [1.807, 2.05) is 0 Å². The summed E-state index contributed by atoms with van der Waals surface area (Å²) in [4.78, 5) is 0. The normalized spacial score (nSPS) is 30.2. The molecule has 0 amide bonds. The summed E-state index contributed by atoms with van der Waals surface area (Å²) in [6.45, 7) is 2.47. The van der Waals surface area contributed by atoms with Gasteiger partial charge in [0.25, 0.3) is 0 Å². The van der Waals surface area contributed by atoms with E-state index in [9.17, 15) is 0 Å². The monoisotopic (exact) mass is 224 g/mol. The molecule has 0 bridgehead atoms. The summed E-state index contributed by atoms with van der Waals surface area (Å²) in [5.41, 5.74) is 11.6. The lowest BCUT2D eigenvalue weighted by Gasteiger charge is -2.40. The average molecular weight is 224 g/mol. The Morgan fingerprint density at radius 1 is 0.875 bits per heavy atom. The molecule has 2 saturated carbocycles. The minimum atomic E-state index is -0.358. The molecule has 16 heavy (non-hydrogen) atoms. The predicted octanol–water partition coefficient (Wildman–Crippen LogP) is 3.01. The fourth-order valence-electron chi connectivity index (χ4n) is 3.75. The molecule has 1 atom stereocenters. The van der Waals surface area contributed by atoms with Gasteiger partial charge in [-0.1, -0.05) is 39.0 Å². The number of hydrogen-bond donors (Lipinski definition) is 2. The van der Waals surface area contributed by atoms with Gasteiger partial charge in [0.05, 0.1) is 5.66 Å². The number of rotatable bonds is 2. The van der Waals surface area contributed by atoms with E-state index in [4.69, 9.17) is 11.5 Å². The third-order valence-electron chi connectivity index (χ3n) is 5.10. The quantitative estimate of drug-likeness (QED) is 0.708. The summed E-state index contributed by atoms with van der Waals surface area (Å²) < 4.78 is 0. The van der Waals surface area contributed by atoms with Crippen molar-refractivity contribution in [3.05, 3.63) is 0 Å². The van der Waals surface area contributed by atoms with Gasteiger partial charge in [-0.05, 0) is 43.4 Å². The summed E-state index contributed by atoms with van der Waals surface area (Å²) in [5, 5.41) is 0. The zero-order chi connectivity index (χ0) is 11.6. The van der Waals surface area contributed by atoms with E-state index < -0.39 is 0 Å². The van der Waals surface area contributed by atoms with Crippen molar-refractivity contribution in [2.45, 2.75) is 70.4 Å². The third kappa shape index (κ3) is 2.98. The highest BCUT2D eigenvalue weighted by molar-refractivity contribution is 4.87. The van der Waals surface area contributed by atoms with E-state index in [1.165, 1.54) is 44.9 Å². The van der Waals surface area contributed by atoms with E-state index in [-0.39, 0.29) is 5.66 Å². The van der Waals surface area contributed by atoms with Gasteiger partial charge in [0, 0.05) is 0 Å². The highest BCUT2D eigenvalue weighted by Crippen LogP contribution is 2.40. The molecule has 2 fully saturated rings. The van der Waals surface area contributed by atoms with Crippen LogP contribution in [0.3, 0.4) is 0 Å². The van der Waals surface area contributed by atoms with Gasteiger partial charge < -0.3 is 11.5 Å². The van der Waals surface area contributed by atoms with E-state index in [2.05, 4.69) is 6.92 Å². The highest BCUT2D eigenvalue weighted by atomic mass is 15.0. The molecule has 0 spiro atoms. The topological polar surface area (TPSA) is 52.0 Å². The molecule has 2 rings (SSSR count). The molecule has 0 aromatic heterocycles. The summed E-state index contributed by atoms with van der Waals surface area (Å²) >= 11 is 0. The molecule has 2 aliphatic carbocycles. The van der Waals surface area contributed by atoms with Crippen LogP contribution in [0.25, 0.3) is 0 Å². The molecule has 0 aromatic carbocycles. The maximum atomic E-state index is 6.00. The molecule has 0 aliphatic heterocycles. The average Bonchev–Trinajstić information content (AvgIpc) is 2.29. The third-order valence-corrected chi connectivity index (χ3v) is 5.10. The van der Waals surface area contributed by atoms with Gasteiger partial charge in [-0.25, -0.2) is 0 Å². The smallest absolute Gasteiger partial charge is 0.0636 e. The number of nitrogens with two attached hydrogens (primary N) is 2. The van der Waals surface area contributed by atoms with E-state index >= 15 is 0 Å². The van der Waals surface area contributed by atoms with E-state index in [0.29, 0.717) is 0 Å². The molecule has 0 radical (unpaired) electrons. The zero-order valence-corrected chi connectivity index (χ0v) is 10.8. The van der Waals surface area contributed by atoms with Crippen LogP contribution in [0.5, 0.6) is 0 Å². The van der Waals surface area contributed by atoms with Crippen LogP contribution >= 0.6 is 0 Å². The summed E-state index contributed by atoms with van der Waals surface area (Å²) in [5.74, 6) is 2.78. The van der Waals surface area contributed by atoms with Crippen molar-refractivity contribution >= 4 is 0 Å². The lowest BCUT2D eigenvalue weighted by atomic mass is 9.69. The van der Waals surface area contributed by atoms with Crippen LogP contribution in [0.2, 0.25) is 0 Å². The van der Waals surface area contributed by atoms with Crippen molar-refractivity contribution in [1.29, 1.82) is 0 Å². The Bertz CT molecular complexity index is 209. The molecule has 0 aromatic rings. The van der Waals surface area contributed by atoms with Gasteiger partial charge in [-0.2, -0.15) is 0 Å². The second-order valence-electron chi connectivity index (χ2n) is 6.33. The van der Waals surface area contributed by atoms with Gasteiger partial charge in [-0.15, -0.1) is 0 Å². The summed E-state index contributed by atoms with van der Waals surface area (Å²) in [6, 6.07) is 0. The minimum Gasteiger partial charge on any atom is -0.313 e. The fourth-order valence-corrected chi connectivity index (χ4v) is 3.75. The van der Waals surface area contributed by atoms with Gasteiger partial charge in [0.15, 0.2) is 0 Å². The maximum Gasteiger partial charge on any atom is 0.0636 e. The van der Waals surface area contributed by atoms with Crippen molar-refractivity contribution in [3.63, 3.8) is 0 Å². The molecule has 2 aliphatic rings. The standard InChI is InChI=1S/C14H28N2/c1-11(12-5-3-2-4-6-12)13-7-9-14(15,16)10-8-13/h11-13H,2-10,15-16H2,1H3. The first kappa shape index (κ1) is 12.4. The van der Waals surface area contributed by atoms with Gasteiger partial charge in [0.1, 0.15) is 0 Å². The lowest BCUT2D eigenvalue weighted by Crippen LogP contribution is -2.52. The SMILES string of the molecule is CC(C1CCCCC1)C1CCC(N)(N)CC1. The van der Waals surface area contributed by atoms with Crippen LogP contribution in [0.1, 0.15) is 64.7 Å². The van der Waals surface area contributed by atoms with Crippen molar-refractivity contribution in [2.75, 3.05) is 0 Å². The molecule has 0 heterocycles. The van der Waals surface area contributed by atoms with Crippen molar-refractivity contribution in [3.8, 4) is 0 Å². The summed E-state index contributed by atoms with van der Waals surface area (Å²) in [6.07, 6.45) is 11.9. The molecule has 2 heteroatoms. The molecule has 0 saturated heterocycles. The predicted molar refractivity (Wildman–Crippen MR) is 68.8 cm³/mol. The zero-order valence-electron chi connectivity index (χ0n) is 10.8. The molecule has 94 valence electrons. The number of hydrogen-bond acceptors (Lipinski definition) is 2. The Hall–Kier alpha value is -0.0800. The first-order chi connectivity index (χ1) is 7.58. The largest absolute Gasteiger partial charge is 0.313 e. The Kier molecular flexibility index (Phi) is 3.91. The molecule has 2 nitrogen and oxygen atoms in total. The Balaban J connectivity index is 1.83. The van der Waals surface area contributed by atoms with Gasteiger partial charge >= 0.3 is 0 Å². The van der Waals surface area contributed by atoms with Crippen molar-refractivity contribution < 1.29 is 0 Å². The van der Waals surface area contributed by atoms with Crippen molar-refractivity contribution in [2.24, 2.45) is 29.2 Å². The van der Waals surface area contributed by atoms with E-state index in [1.54, 1.807) is 0 Å². The first-order valence-corrected chi connectivity index (χ1v) is 7.16. The second kappa shape index (κ2) is 5.05. The highest BCUT2D eigenvalue weighted by Gasteiger charge is 2.33. The van der Waals surface area contributed by atoms with E-state index in [0.717, 1.165) is 30.6 Å². The first-order valence-electron chi connectivity index (χ1n) is 7.16. The minimum absolute atomic E-state index is 0.358. The van der Waals surface area contributed by atoms with Crippen LogP contribution < -0.4 is 11.5 Å².